The Morgan fingerprint density at radius 3 is 2.54 bits per heavy atom. The van der Waals surface area contributed by atoms with Gasteiger partial charge in [0.1, 0.15) is 11.5 Å². The van der Waals surface area contributed by atoms with Crippen molar-refractivity contribution < 1.29 is 9.72 Å². The van der Waals surface area contributed by atoms with E-state index in [0.717, 1.165) is 11.3 Å². The lowest BCUT2D eigenvalue weighted by Crippen LogP contribution is -2.23. The highest BCUT2D eigenvalue weighted by molar-refractivity contribution is 8.00. The van der Waals surface area contributed by atoms with Gasteiger partial charge in [-0.15, -0.1) is 10.2 Å². The van der Waals surface area contributed by atoms with E-state index in [9.17, 15) is 14.9 Å². The molecule has 1 unspecified atom stereocenters. The van der Waals surface area contributed by atoms with Gasteiger partial charge in [-0.25, -0.2) is 0 Å². The SMILES string of the molecule is Cc1ccccc1-n1c(C)nnc1SC(C)C(=O)Nc1ccccc1[N+](=O)[O-]. The van der Waals surface area contributed by atoms with Gasteiger partial charge in [0.15, 0.2) is 5.16 Å². The lowest BCUT2D eigenvalue weighted by Gasteiger charge is -2.14. The third-order valence-corrected chi connectivity index (χ3v) is 5.20. The molecule has 2 aromatic carbocycles. The largest absolute Gasteiger partial charge is 0.319 e. The lowest BCUT2D eigenvalue weighted by atomic mass is 10.2. The number of nitro groups is 1. The summed E-state index contributed by atoms with van der Waals surface area (Å²) in [6.07, 6.45) is 0. The van der Waals surface area contributed by atoms with Crippen molar-refractivity contribution in [2.45, 2.75) is 31.2 Å². The van der Waals surface area contributed by atoms with Crippen LogP contribution in [0, 0.1) is 24.0 Å². The molecule has 1 aromatic heterocycles. The zero-order chi connectivity index (χ0) is 20.3. The van der Waals surface area contributed by atoms with Crippen LogP contribution in [0.5, 0.6) is 0 Å². The van der Waals surface area contributed by atoms with Crippen molar-refractivity contribution in [3.05, 3.63) is 70.0 Å². The van der Waals surface area contributed by atoms with Crippen LogP contribution in [0.25, 0.3) is 5.69 Å². The summed E-state index contributed by atoms with van der Waals surface area (Å²) in [7, 11) is 0. The van der Waals surface area contributed by atoms with Gasteiger partial charge in [-0.05, 0) is 38.5 Å². The number of amides is 1. The molecule has 0 spiro atoms. The summed E-state index contributed by atoms with van der Waals surface area (Å²) in [5, 5.41) is 22.1. The van der Waals surface area contributed by atoms with Crippen molar-refractivity contribution in [1.82, 2.24) is 14.8 Å². The summed E-state index contributed by atoms with van der Waals surface area (Å²) in [5.41, 5.74) is 2.02. The Morgan fingerprint density at radius 2 is 1.82 bits per heavy atom. The molecular formula is C19H19N5O3S. The van der Waals surface area contributed by atoms with Crippen molar-refractivity contribution in [2.75, 3.05) is 5.32 Å². The van der Waals surface area contributed by atoms with E-state index in [4.69, 9.17) is 0 Å². The number of carbonyl (C=O) groups excluding carboxylic acids is 1. The third kappa shape index (κ3) is 4.04. The minimum atomic E-state index is -0.536. The molecule has 144 valence electrons. The minimum Gasteiger partial charge on any atom is -0.319 e. The third-order valence-electron chi connectivity index (χ3n) is 4.16. The van der Waals surface area contributed by atoms with Gasteiger partial charge in [0, 0.05) is 6.07 Å². The first-order chi connectivity index (χ1) is 13.4. The number of nitrogens with one attached hydrogen (secondary N) is 1. The van der Waals surface area contributed by atoms with E-state index >= 15 is 0 Å². The van der Waals surface area contributed by atoms with Crippen LogP contribution in [0.1, 0.15) is 18.3 Å². The van der Waals surface area contributed by atoms with Gasteiger partial charge in [0.2, 0.25) is 5.91 Å². The first-order valence-electron chi connectivity index (χ1n) is 8.57. The number of carbonyl (C=O) groups is 1. The Hall–Kier alpha value is -3.20. The van der Waals surface area contributed by atoms with Gasteiger partial charge in [-0.1, -0.05) is 42.1 Å². The lowest BCUT2D eigenvalue weighted by molar-refractivity contribution is -0.383. The molecule has 0 radical (unpaired) electrons. The van der Waals surface area contributed by atoms with Crippen LogP contribution >= 0.6 is 11.8 Å². The van der Waals surface area contributed by atoms with Gasteiger partial charge >= 0.3 is 0 Å². The maximum absolute atomic E-state index is 12.6. The van der Waals surface area contributed by atoms with Crippen LogP contribution in [0.15, 0.2) is 53.7 Å². The number of rotatable bonds is 6. The highest BCUT2D eigenvalue weighted by atomic mass is 32.2. The van der Waals surface area contributed by atoms with Crippen LogP contribution < -0.4 is 5.32 Å². The average Bonchev–Trinajstić information content (AvgIpc) is 3.02. The number of hydrogen-bond acceptors (Lipinski definition) is 6. The van der Waals surface area contributed by atoms with Crippen LogP contribution in [0.2, 0.25) is 0 Å². The Bertz CT molecular complexity index is 1030. The second-order valence-electron chi connectivity index (χ2n) is 6.18. The zero-order valence-electron chi connectivity index (χ0n) is 15.6. The normalized spacial score (nSPS) is 11.8. The predicted octanol–water partition coefficient (Wildman–Crippen LogP) is 3.91. The maximum Gasteiger partial charge on any atom is 0.292 e. The summed E-state index contributed by atoms with van der Waals surface area (Å²) in [5.74, 6) is 0.361. The molecule has 0 aliphatic carbocycles. The maximum atomic E-state index is 12.6. The Morgan fingerprint density at radius 1 is 1.14 bits per heavy atom. The number of thioether (sulfide) groups is 1. The predicted molar refractivity (Wildman–Crippen MR) is 108 cm³/mol. The van der Waals surface area contributed by atoms with Gasteiger partial charge in [0.25, 0.3) is 5.69 Å². The summed E-state index contributed by atoms with van der Waals surface area (Å²) in [4.78, 5) is 23.2. The highest BCUT2D eigenvalue weighted by Crippen LogP contribution is 2.29. The molecule has 0 saturated carbocycles. The molecular weight excluding hydrogens is 378 g/mol. The molecule has 0 saturated heterocycles. The molecule has 9 heteroatoms. The average molecular weight is 397 g/mol. The first kappa shape index (κ1) is 19.6. The molecule has 0 bridgehead atoms. The minimum absolute atomic E-state index is 0.146. The monoisotopic (exact) mass is 397 g/mol. The molecule has 3 aromatic rings. The molecule has 3 rings (SSSR count). The quantitative estimate of drug-likeness (QED) is 0.384. The van der Waals surface area contributed by atoms with Crippen molar-refractivity contribution in [3.8, 4) is 5.69 Å². The van der Waals surface area contributed by atoms with Gasteiger partial charge in [-0.3, -0.25) is 19.5 Å². The van der Waals surface area contributed by atoms with E-state index < -0.39 is 10.2 Å². The Kier molecular flexibility index (Phi) is 5.74. The summed E-state index contributed by atoms with van der Waals surface area (Å²) < 4.78 is 1.90. The first-order valence-corrected chi connectivity index (χ1v) is 9.45. The number of nitrogens with zero attached hydrogens (tertiary/aromatic N) is 4. The van der Waals surface area contributed by atoms with E-state index in [1.807, 2.05) is 42.7 Å². The molecule has 8 nitrogen and oxygen atoms in total. The number of benzene rings is 2. The fourth-order valence-electron chi connectivity index (χ4n) is 2.70. The topological polar surface area (TPSA) is 103 Å². The number of aromatic nitrogens is 3. The van der Waals surface area contributed by atoms with Gasteiger partial charge in [0.05, 0.1) is 15.9 Å². The molecule has 28 heavy (non-hydrogen) atoms. The van der Waals surface area contributed by atoms with E-state index in [0.29, 0.717) is 11.0 Å². The van der Waals surface area contributed by atoms with Crippen LogP contribution in [-0.2, 0) is 4.79 Å². The Labute approximate surface area is 166 Å². The second-order valence-corrected chi connectivity index (χ2v) is 7.48. The fourth-order valence-corrected chi connectivity index (χ4v) is 3.60. The highest BCUT2D eigenvalue weighted by Gasteiger charge is 2.23. The number of aryl methyl sites for hydroxylation is 2. The zero-order valence-corrected chi connectivity index (χ0v) is 16.4. The molecule has 1 amide bonds. The van der Waals surface area contributed by atoms with Gasteiger partial charge < -0.3 is 5.32 Å². The summed E-state index contributed by atoms with van der Waals surface area (Å²) in [6.45, 7) is 5.57. The molecule has 1 atom stereocenters. The molecule has 1 N–H and O–H groups in total. The van der Waals surface area contributed by atoms with Crippen LogP contribution in [0.4, 0.5) is 11.4 Å². The molecule has 0 fully saturated rings. The second kappa shape index (κ2) is 8.22. The van der Waals surface area contributed by atoms with E-state index in [1.165, 1.54) is 23.9 Å². The van der Waals surface area contributed by atoms with Crippen molar-refractivity contribution in [1.29, 1.82) is 0 Å². The van der Waals surface area contributed by atoms with Crippen LogP contribution in [0.3, 0.4) is 0 Å². The number of anilines is 1. The van der Waals surface area contributed by atoms with Gasteiger partial charge in [-0.2, -0.15) is 0 Å². The molecule has 0 aliphatic heterocycles. The Balaban J connectivity index is 1.81. The van der Waals surface area contributed by atoms with Crippen LogP contribution in [-0.4, -0.2) is 30.8 Å². The van der Waals surface area contributed by atoms with Crippen molar-refractivity contribution in [3.63, 3.8) is 0 Å². The molecule has 0 aliphatic rings. The van der Waals surface area contributed by atoms with Crippen molar-refractivity contribution in [2.24, 2.45) is 0 Å². The number of nitro benzene ring substituents is 1. The van der Waals surface area contributed by atoms with E-state index in [2.05, 4.69) is 15.5 Å². The number of para-hydroxylation sites is 3. The van der Waals surface area contributed by atoms with E-state index in [-0.39, 0.29) is 17.3 Å². The smallest absolute Gasteiger partial charge is 0.292 e. The molecule has 1 heterocycles. The standard InChI is InChI=1S/C19H19N5O3S/c1-12-8-4-6-10-16(12)23-14(3)21-22-19(23)28-13(2)18(25)20-15-9-5-7-11-17(15)24(26)27/h4-11,13H,1-3H3,(H,20,25). The van der Waals surface area contributed by atoms with Crippen molar-refractivity contribution >= 4 is 29.0 Å². The number of hydrogen-bond donors (Lipinski definition) is 1. The summed E-state index contributed by atoms with van der Waals surface area (Å²) in [6, 6.07) is 13.9. The fraction of sp³-hybridized carbons (Fsp3) is 0.211. The summed E-state index contributed by atoms with van der Waals surface area (Å²) >= 11 is 1.24. The van der Waals surface area contributed by atoms with E-state index in [1.54, 1.807) is 19.1 Å².